The summed E-state index contributed by atoms with van der Waals surface area (Å²) < 4.78 is 39.6. The van der Waals surface area contributed by atoms with Crippen molar-refractivity contribution in [3.05, 3.63) is 41.6 Å². The van der Waals surface area contributed by atoms with Crippen molar-refractivity contribution in [3.63, 3.8) is 0 Å². The largest absolute Gasteiger partial charge is 0.369 e. The van der Waals surface area contributed by atoms with E-state index in [0.717, 1.165) is 31.4 Å². The molecule has 0 aromatic heterocycles. The van der Waals surface area contributed by atoms with Crippen molar-refractivity contribution in [2.75, 3.05) is 24.5 Å². The Morgan fingerprint density at radius 1 is 1.23 bits per heavy atom. The minimum Gasteiger partial charge on any atom is -0.369 e. The van der Waals surface area contributed by atoms with Gasteiger partial charge in [0.15, 0.2) is 0 Å². The summed E-state index contributed by atoms with van der Waals surface area (Å²) in [5.74, 6) is 5.52. The van der Waals surface area contributed by atoms with Crippen LogP contribution in [0.5, 0.6) is 0 Å². The summed E-state index contributed by atoms with van der Waals surface area (Å²) in [5, 5.41) is 1.20. The van der Waals surface area contributed by atoms with Gasteiger partial charge in [-0.15, -0.1) is 0 Å². The van der Waals surface area contributed by atoms with E-state index in [-0.39, 0.29) is 11.9 Å². The Hall–Kier alpha value is -1.84. The van der Waals surface area contributed by atoms with Crippen LogP contribution in [0.1, 0.15) is 39.5 Å². The quantitative estimate of drug-likeness (QED) is 0.559. The summed E-state index contributed by atoms with van der Waals surface area (Å²) in [5.41, 5.74) is 0.906. The van der Waals surface area contributed by atoms with Gasteiger partial charge < -0.3 is 4.90 Å². The van der Waals surface area contributed by atoms with E-state index in [4.69, 9.17) is 0 Å². The van der Waals surface area contributed by atoms with E-state index in [1.54, 1.807) is 12.1 Å². The van der Waals surface area contributed by atoms with Crippen LogP contribution in [-0.4, -0.2) is 38.4 Å². The second-order valence-electron chi connectivity index (χ2n) is 6.51. The number of halogens is 1. The molecular formula is C20H27FN2O2S. The third kappa shape index (κ3) is 5.86. The van der Waals surface area contributed by atoms with E-state index in [1.807, 2.05) is 6.92 Å². The zero-order valence-corrected chi connectivity index (χ0v) is 16.3. The van der Waals surface area contributed by atoms with Gasteiger partial charge in [-0.05, 0) is 37.6 Å². The minimum atomic E-state index is -3.48. The molecule has 1 aromatic carbocycles. The lowest BCUT2D eigenvalue weighted by atomic mass is 10.2. The highest BCUT2D eigenvalue weighted by Gasteiger charge is 2.31. The summed E-state index contributed by atoms with van der Waals surface area (Å²) in [6, 6.07) is 6.12. The van der Waals surface area contributed by atoms with Crippen molar-refractivity contribution in [2.45, 2.75) is 45.6 Å². The van der Waals surface area contributed by atoms with Gasteiger partial charge >= 0.3 is 0 Å². The summed E-state index contributed by atoms with van der Waals surface area (Å²) in [6.45, 7) is 5.57. The van der Waals surface area contributed by atoms with E-state index >= 15 is 0 Å². The summed E-state index contributed by atoms with van der Waals surface area (Å²) in [4.78, 5) is 2.08. The van der Waals surface area contributed by atoms with E-state index in [1.165, 1.54) is 27.9 Å². The van der Waals surface area contributed by atoms with E-state index in [2.05, 4.69) is 23.7 Å². The van der Waals surface area contributed by atoms with Gasteiger partial charge in [-0.1, -0.05) is 31.6 Å². The number of hydrogen-bond donors (Lipinski definition) is 0. The van der Waals surface area contributed by atoms with Crippen LogP contribution in [0.25, 0.3) is 0 Å². The number of hydrogen-bond acceptors (Lipinski definition) is 3. The summed E-state index contributed by atoms with van der Waals surface area (Å²) >= 11 is 0. The molecule has 0 aliphatic carbocycles. The van der Waals surface area contributed by atoms with Crippen molar-refractivity contribution in [3.8, 4) is 11.8 Å². The van der Waals surface area contributed by atoms with E-state index in [0.29, 0.717) is 19.6 Å². The lowest BCUT2D eigenvalue weighted by molar-refractivity contribution is 0.310. The SMILES string of the molecule is CCCCCC#C/C=C/S(=O)(=O)N1CCN(c2ccc(F)cc2)C[C@H]1C. The Kier molecular flexibility index (Phi) is 7.67. The zero-order valence-electron chi connectivity index (χ0n) is 15.5. The fourth-order valence-corrected chi connectivity index (χ4v) is 4.30. The number of nitrogens with zero attached hydrogens (tertiary/aromatic N) is 2. The molecule has 0 saturated carbocycles. The van der Waals surface area contributed by atoms with Crippen LogP contribution in [0, 0.1) is 17.7 Å². The van der Waals surface area contributed by atoms with Gasteiger partial charge in [-0.3, -0.25) is 0 Å². The van der Waals surface area contributed by atoms with Gasteiger partial charge in [0.25, 0.3) is 0 Å². The lowest BCUT2D eigenvalue weighted by Gasteiger charge is -2.39. The third-order valence-electron chi connectivity index (χ3n) is 4.42. The van der Waals surface area contributed by atoms with Crippen molar-refractivity contribution >= 4 is 15.7 Å². The van der Waals surface area contributed by atoms with Crippen LogP contribution < -0.4 is 4.90 Å². The maximum atomic E-state index is 13.1. The highest BCUT2D eigenvalue weighted by molar-refractivity contribution is 7.92. The fourth-order valence-electron chi connectivity index (χ4n) is 3.00. The molecule has 0 spiro atoms. The Morgan fingerprint density at radius 3 is 2.62 bits per heavy atom. The first-order chi connectivity index (χ1) is 12.4. The molecule has 1 fully saturated rings. The highest BCUT2D eigenvalue weighted by Crippen LogP contribution is 2.21. The number of unbranched alkanes of at least 4 members (excludes halogenated alkanes) is 3. The average molecular weight is 379 g/mol. The van der Waals surface area contributed by atoms with Crippen LogP contribution >= 0.6 is 0 Å². The van der Waals surface area contributed by atoms with E-state index in [9.17, 15) is 12.8 Å². The summed E-state index contributed by atoms with van der Waals surface area (Å²) in [7, 11) is -3.48. The second-order valence-corrected chi connectivity index (χ2v) is 8.28. The Bertz CT molecular complexity index is 763. The van der Waals surface area contributed by atoms with Gasteiger partial charge in [0.05, 0.1) is 5.41 Å². The molecule has 0 amide bonds. The molecule has 0 unspecified atom stereocenters. The van der Waals surface area contributed by atoms with Gasteiger partial charge in [0, 0.05) is 43.9 Å². The van der Waals surface area contributed by atoms with Gasteiger partial charge in [0.2, 0.25) is 10.0 Å². The van der Waals surface area contributed by atoms with Crippen molar-refractivity contribution in [1.29, 1.82) is 0 Å². The van der Waals surface area contributed by atoms with Crippen molar-refractivity contribution in [1.82, 2.24) is 4.31 Å². The predicted octanol–water partition coefficient (Wildman–Crippen LogP) is 3.76. The van der Waals surface area contributed by atoms with Gasteiger partial charge in [-0.25, -0.2) is 12.8 Å². The normalized spacial score (nSPS) is 18.7. The number of anilines is 1. The molecule has 2 rings (SSSR count). The smallest absolute Gasteiger partial charge is 0.237 e. The topological polar surface area (TPSA) is 40.6 Å². The molecule has 1 aromatic rings. The number of sulfonamides is 1. The maximum absolute atomic E-state index is 13.1. The highest BCUT2D eigenvalue weighted by atomic mass is 32.2. The number of piperazine rings is 1. The first-order valence-electron chi connectivity index (χ1n) is 9.11. The molecule has 142 valence electrons. The monoisotopic (exact) mass is 378 g/mol. The molecule has 0 bridgehead atoms. The maximum Gasteiger partial charge on any atom is 0.237 e. The summed E-state index contributed by atoms with van der Waals surface area (Å²) in [6.07, 6.45) is 5.57. The zero-order chi connectivity index (χ0) is 19.0. The van der Waals surface area contributed by atoms with Crippen LogP contribution in [-0.2, 0) is 10.0 Å². The van der Waals surface area contributed by atoms with E-state index < -0.39 is 10.0 Å². The Morgan fingerprint density at radius 2 is 1.96 bits per heavy atom. The molecule has 26 heavy (non-hydrogen) atoms. The first-order valence-corrected chi connectivity index (χ1v) is 10.6. The molecule has 0 radical (unpaired) electrons. The van der Waals surface area contributed by atoms with Gasteiger partial charge in [-0.2, -0.15) is 4.31 Å². The molecule has 4 nitrogen and oxygen atoms in total. The molecule has 6 heteroatoms. The number of allylic oxidation sites excluding steroid dienone is 1. The lowest BCUT2D eigenvalue weighted by Crippen LogP contribution is -2.53. The minimum absolute atomic E-state index is 0.166. The van der Waals surface area contributed by atoms with Crippen LogP contribution in [0.3, 0.4) is 0 Å². The first kappa shape index (κ1) is 20.5. The molecule has 1 atom stereocenters. The van der Waals surface area contributed by atoms with Crippen LogP contribution in [0.2, 0.25) is 0 Å². The molecular weight excluding hydrogens is 351 g/mol. The third-order valence-corrected chi connectivity index (χ3v) is 6.09. The van der Waals surface area contributed by atoms with Crippen molar-refractivity contribution in [2.24, 2.45) is 0 Å². The average Bonchev–Trinajstić information content (AvgIpc) is 2.61. The molecule has 0 N–H and O–H groups in total. The molecule has 1 aliphatic heterocycles. The predicted molar refractivity (Wildman–Crippen MR) is 105 cm³/mol. The Balaban J connectivity index is 1.93. The van der Waals surface area contributed by atoms with Crippen molar-refractivity contribution < 1.29 is 12.8 Å². The number of benzene rings is 1. The second kappa shape index (κ2) is 9.75. The Labute approximate surface area is 156 Å². The van der Waals surface area contributed by atoms with Crippen LogP contribution in [0.15, 0.2) is 35.7 Å². The molecule has 1 aliphatic rings. The van der Waals surface area contributed by atoms with Crippen LogP contribution in [0.4, 0.5) is 10.1 Å². The molecule has 1 heterocycles. The fraction of sp³-hybridized carbons (Fsp3) is 0.500. The standard InChI is InChI=1S/C20H27FN2O2S/c1-3-4-5-6-7-8-9-16-26(24,25)23-15-14-22(17-18(23)2)20-12-10-19(21)11-13-20/h9-13,16,18H,3-6,14-15,17H2,1-2H3/b16-9+/t18-/m1/s1. The van der Waals surface area contributed by atoms with Gasteiger partial charge in [0.1, 0.15) is 5.82 Å². The molecule has 1 saturated heterocycles. The number of rotatable bonds is 6.